The van der Waals surface area contributed by atoms with Crippen molar-refractivity contribution in [3.8, 4) is 0 Å². The van der Waals surface area contributed by atoms with E-state index in [1.165, 1.54) is 0 Å². The number of halogens is 1. The molecule has 2 unspecified atom stereocenters. The fourth-order valence-corrected chi connectivity index (χ4v) is 2.82. The van der Waals surface area contributed by atoms with Crippen molar-refractivity contribution in [2.45, 2.75) is 31.2 Å². The molecule has 1 aromatic heterocycles. The Morgan fingerprint density at radius 3 is 2.96 bits per heavy atom. The molecule has 1 saturated heterocycles. The first kappa shape index (κ1) is 19.5. The number of amides is 1. The maximum Gasteiger partial charge on any atom is 0.271 e. The van der Waals surface area contributed by atoms with Gasteiger partial charge in [-0.3, -0.25) is 20.2 Å². The van der Waals surface area contributed by atoms with E-state index in [4.69, 9.17) is 21.7 Å². The van der Waals surface area contributed by atoms with Gasteiger partial charge in [-0.15, -0.1) is 11.6 Å². The van der Waals surface area contributed by atoms with Gasteiger partial charge >= 0.3 is 0 Å². The molecule has 0 aliphatic carbocycles. The van der Waals surface area contributed by atoms with E-state index in [1.54, 1.807) is 19.3 Å². The van der Waals surface area contributed by atoms with E-state index in [2.05, 4.69) is 20.6 Å². The van der Waals surface area contributed by atoms with Crippen molar-refractivity contribution in [2.75, 3.05) is 32.1 Å². The minimum absolute atomic E-state index is 0.0820. The number of anilines is 1. The lowest BCUT2D eigenvalue weighted by Crippen LogP contribution is -2.35. The van der Waals surface area contributed by atoms with Crippen molar-refractivity contribution < 1.29 is 9.53 Å². The first-order valence-electron chi connectivity index (χ1n) is 8.34. The molecule has 1 aliphatic heterocycles. The number of hydrogen-bond donors (Lipinski definition) is 3. The van der Waals surface area contributed by atoms with E-state index in [1.807, 2.05) is 13.0 Å². The van der Waals surface area contributed by atoms with Gasteiger partial charge in [0.15, 0.2) is 0 Å². The van der Waals surface area contributed by atoms with Gasteiger partial charge in [-0.1, -0.05) is 13.3 Å². The van der Waals surface area contributed by atoms with E-state index < -0.39 is 11.3 Å². The van der Waals surface area contributed by atoms with Crippen LogP contribution in [-0.2, 0) is 9.53 Å². The predicted octanol–water partition coefficient (Wildman–Crippen LogP) is 2.18. The zero-order chi connectivity index (χ0) is 18.2. The molecule has 0 radical (unpaired) electrons. The number of nitrogens with zero attached hydrogens (tertiary/aromatic N) is 2. The summed E-state index contributed by atoms with van der Waals surface area (Å²) in [5, 5.41) is 13.1. The van der Waals surface area contributed by atoms with Crippen LogP contribution in [0, 0.1) is 5.41 Å². The fourth-order valence-electron chi connectivity index (χ4n) is 2.51. The van der Waals surface area contributed by atoms with E-state index in [9.17, 15) is 4.79 Å². The van der Waals surface area contributed by atoms with Crippen LogP contribution in [0.1, 0.15) is 31.6 Å². The zero-order valence-corrected chi connectivity index (χ0v) is 15.3. The SMILES string of the molecule is CCCC(=NC)C(Cl)C(=N)C(=O)Nc1ccc(C2CNCCO2)nc1. The Bertz CT molecular complexity index is 626. The van der Waals surface area contributed by atoms with Gasteiger partial charge in [-0.2, -0.15) is 0 Å². The first-order chi connectivity index (χ1) is 12.1. The van der Waals surface area contributed by atoms with Gasteiger partial charge in [-0.05, 0) is 18.6 Å². The standard InChI is InChI=1S/C17H24ClN5O2/c1-3-4-13(20-2)15(18)16(19)17(24)23-11-5-6-12(22-9-11)14-10-21-7-8-25-14/h5-6,9,14-15,19,21H,3-4,7-8,10H2,1-2H3,(H,23,24). The molecule has 0 aromatic carbocycles. The van der Waals surface area contributed by atoms with Crippen LogP contribution in [0.25, 0.3) is 0 Å². The van der Waals surface area contributed by atoms with Crippen LogP contribution in [0.15, 0.2) is 23.3 Å². The van der Waals surface area contributed by atoms with Gasteiger partial charge in [0.25, 0.3) is 5.91 Å². The van der Waals surface area contributed by atoms with Gasteiger partial charge in [-0.25, -0.2) is 0 Å². The van der Waals surface area contributed by atoms with Crippen molar-refractivity contribution in [2.24, 2.45) is 4.99 Å². The Balaban J connectivity index is 1.96. The molecule has 0 saturated carbocycles. The number of morpholine rings is 1. The predicted molar refractivity (Wildman–Crippen MR) is 100 cm³/mol. The highest BCUT2D eigenvalue weighted by Gasteiger charge is 2.23. The van der Waals surface area contributed by atoms with Gasteiger partial charge in [0.05, 0.1) is 24.2 Å². The molecule has 1 aromatic rings. The highest BCUT2D eigenvalue weighted by atomic mass is 35.5. The Kier molecular flexibility index (Phi) is 7.49. The van der Waals surface area contributed by atoms with E-state index in [0.717, 1.165) is 18.7 Å². The second-order valence-corrected chi connectivity index (χ2v) is 6.17. The number of alkyl halides is 1. The van der Waals surface area contributed by atoms with Gasteiger partial charge < -0.3 is 15.4 Å². The largest absolute Gasteiger partial charge is 0.369 e. The summed E-state index contributed by atoms with van der Waals surface area (Å²) >= 11 is 6.21. The third kappa shape index (κ3) is 5.32. The van der Waals surface area contributed by atoms with Crippen molar-refractivity contribution in [1.82, 2.24) is 10.3 Å². The molecule has 136 valence electrons. The summed E-state index contributed by atoms with van der Waals surface area (Å²) in [4.78, 5) is 20.6. The van der Waals surface area contributed by atoms with Crippen LogP contribution in [0.4, 0.5) is 5.69 Å². The Morgan fingerprint density at radius 1 is 1.60 bits per heavy atom. The Labute approximate surface area is 152 Å². The minimum atomic E-state index is -0.820. The van der Waals surface area contributed by atoms with E-state index in [-0.39, 0.29) is 11.8 Å². The molecule has 0 bridgehead atoms. The normalized spacial score (nSPS) is 19.3. The highest BCUT2D eigenvalue weighted by Crippen LogP contribution is 2.18. The third-order valence-corrected chi connectivity index (χ3v) is 4.36. The van der Waals surface area contributed by atoms with Crippen LogP contribution in [-0.4, -0.2) is 54.4 Å². The molecule has 3 N–H and O–H groups in total. The molecule has 25 heavy (non-hydrogen) atoms. The molecule has 2 rings (SSSR count). The lowest BCUT2D eigenvalue weighted by Gasteiger charge is -2.23. The second-order valence-electron chi connectivity index (χ2n) is 5.73. The van der Waals surface area contributed by atoms with Crippen LogP contribution >= 0.6 is 11.6 Å². The number of aliphatic imine (C=N–C) groups is 1. The molecule has 2 atom stereocenters. The molecular weight excluding hydrogens is 342 g/mol. The summed E-state index contributed by atoms with van der Waals surface area (Å²) in [6, 6.07) is 3.56. The second kappa shape index (κ2) is 9.60. The molecule has 1 aliphatic rings. The van der Waals surface area contributed by atoms with Gasteiger partial charge in [0.2, 0.25) is 0 Å². The Hall–Kier alpha value is -1.83. The third-order valence-electron chi connectivity index (χ3n) is 3.89. The average Bonchev–Trinajstić information content (AvgIpc) is 2.66. The smallest absolute Gasteiger partial charge is 0.271 e. The molecule has 0 spiro atoms. The summed E-state index contributed by atoms with van der Waals surface area (Å²) in [6.07, 6.45) is 2.99. The van der Waals surface area contributed by atoms with Crippen LogP contribution < -0.4 is 10.6 Å². The quantitative estimate of drug-likeness (QED) is 0.509. The van der Waals surface area contributed by atoms with Crippen molar-refractivity contribution >= 4 is 34.6 Å². The number of pyridine rings is 1. The number of aromatic nitrogens is 1. The summed E-state index contributed by atoms with van der Waals surface area (Å²) in [5.74, 6) is -0.553. The summed E-state index contributed by atoms with van der Waals surface area (Å²) in [5.41, 5.74) is 1.73. The minimum Gasteiger partial charge on any atom is -0.369 e. The maximum atomic E-state index is 12.2. The van der Waals surface area contributed by atoms with E-state index in [0.29, 0.717) is 31.0 Å². The molecule has 1 amide bonds. The lowest BCUT2D eigenvalue weighted by atomic mass is 10.1. The summed E-state index contributed by atoms with van der Waals surface area (Å²) in [7, 11) is 1.62. The average molecular weight is 366 g/mol. The number of rotatable bonds is 7. The van der Waals surface area contributed by atoms with Crippen molar-refractivity contribution in [3.63, 3.8) is 0 Å². The first-order valence-corrected chi connectivity index (χ1v) is 8.78. The molecule has 2 heterocycles. The molecular formula is C17H24ClN5O2. The Morgan fingerprint density at radius 2 is 2.40 bits per heavy atom. The number of carbonyl (C=O) groups is 1. The van der Waals surface area contributed by atoms with Crippen molar-refractivity contribution in [1.29, 1.82) is 5.41 Å². The summed E-state index contributed by atoms with van der Waals surface area (Å²) in [6.45, 7) is 4.21. The van der Waals surface area contributed by atoms with E-state index >= 15 is 0 Å². The fraction of sp³-hybridized carbons (Fsp3) is 0.529. The zero-order valence-electron chi connectivity index (χ0n) is 14.5. The number of nitrogens with one attached hydrogen (secondary N) is 3. The van der Waals surface area contributed by atoms with Crippen LogP contribution in [0.2, 0.25) is 0 Å². The number of carbonyl (C=O) groups excluding carboxylic acids is 1. The monoisotopic (exact) mass is 365 g/mol. The number of ether oxygens (including phenoxy) is 1. The topological polar surface area (TPSA) is 99.5 Å². The molecule has 7 nitrogen and oxygen atoms in total. The molecule has 8 heteroatoms. The van der Waals surface area contributed by atoms with Gasteiger partial charge in [0.1, 0.15) is 17.2 Å². The van der Waals surface area contributed by atoms with Gasteiger partial charge in [0, 0.05) is 25.8 Å². The number of hydrogen-bond acceptors (Lipinski definition) is 6. The maximum absolute atomic E-state index is 12.2. The van der Waals surface area contributed by atoms with Crippen molar-refractivity contribution in [3.05, 3.63) is 24.0 Å². The lowest BCUT2D eigenvalue weighted by molar-refractivity contribution is -0.110. The van der Waals surface area contributed by atoms with Crippen LogP contribution in [0.3, 0.4) is 0 Å². The molecule has 1 fully saturated rings. The van der Waals surface area contributed by atoms with Crippen LogP contribution in [0.5, 0.6) is 0 Å². The highest BCUT2D eigenvalue weighted by molar-refractivity contribution is 6.58. The summed E-state index contributed by atoms with van der Waals surface area (Å²) < 4.78 is 5.64.